The molecule has 0 bridgehead atoms. The van der Waals surface area contributed by atoms with Crippen LogP contribution in [0.3, 0.4) is 0 Å². The van der Waals surface area contributed by atoms with E-state index in [1.807, 2.05) is 30.4 Å². The molecule has 0 aromatic heterocycles. The number of ether oxygens (including phenoxy) is 6. The fourth-order valence-electron chi connectivity index (χ4n) is 3.88. The first-order chi connectivity index (χ1) is 20.4. The standard InChI is InChI=1S/C30H34N2O10/c1-3-27(33)39-17-15-37-13-11-31-29(35)41-25-9-5-7-21-20-24-22(19-23(21)25)8-6-10-26(24)42-30(36)32-12-14-38-16-18-40-28(34)4-2/h3-7,9-10,19-20,26H,1-2,8,11-18H2,(H,31,35)(H,32,36). The largest absolute Gasteiger partial charge is 0.460 e. The van der Waals surface area contributed by atoms with E-state index in [2.05, 4.69) is 23.8 Å². The molecule has 2 amide bonds. The van der Waals surface area contributed by atoms with Gasteiger partial charge in [-0.3, -0.25) is 0 Å². The summed E-state index contributed by atoms with van der Waals surface area (Å²) in [6.45, 7) is 8.04. The van der Waals surface area contributed by atoms with Crippen molar-refractivity contribution in [1.82, 2.24) is 10.6 Å². The lowest BCUT2D eigenvalue weighted by Crippen LogP contribution is -2.30. The minimum absolute atomic E-state index is 0.0916. The predicted octanol–water partition coefficient (Wildman–Crippen LogP) is 3.30. The molecular formula is C30H34N2O10. The van der Waals surface area contributed by atoms with Gasteiger partial charge in [0.15, 0.2) is 0 Å². The van der Waals surface area contributed by atoms with E-state index in [0.717, 1.165) is 34.1 Å². The molecule has 2 aromatic carbocycles. The molecule has 0 spiro atoms. The van der Waals surface area contributed by atoms with Crippen molar-refractivity contribution >= 4 is 34.9 Å². The third-order valence-corrected chi connectivity index (χ3v) is 5.80. The van der Waals surface area contributed by atoms with Gasteiger partial charge in [-0.2, -0.15) is 0 Å². The number of benzene rings is 2. The number of fused-ring (bicyclic) bond motifs is 2. The van der Waals surface area contributed by atoms with E-state index in [4.69, 9.17) is 28.4 Å². The van der Waals surface area contributed by atoms with Gasteiger partial charge in [-0.15, -0.1) is 0 Å². The van der Waals surface area contributed by atoms with Crippen LogP contribution < -0.4 is 15.4 Å². The van der Waals surface area contributed by atoms with Crippen molar-refractivity contribution in [3.8, 4) is 5.75 Å². The van der Waals surface area contributed by atoms with Crippen LogP contribution in [0.1, 0.15) is 17.2 Å². The molecule has 0 radical (unpaired) electrons. The van der Waals surface area contributed by atoms with Gasteiger partial charge in [0.25, 0.3) is 0 Å². The lowest BCUT2D eigenvalue weighted by molar-refractivity contribution is -0.140. The Morgan fingerprint density at radius 2 is 1.48 bits per heavy atom. The summed E-state index contributed by atoms with van der Waals surface area (Å²) in [5.74, 6) is -0.666. The second-order valence-corrected chi connectivity index (χ2v) is 8.70. The van der Waals surface area contributed by atoms with Crippen LogP contribution in [0.2, 0.25) is 0 Å². The molecule has 1 unspecified atom stereocenters. The second kappa shape index (κ2) is 17.2. The molecule has 2 aromatic rings. The van der Waals surface area contributed by atoms with Crippen LogP contribution in [0, 0.1) is 0 Å². The number of amides is 2. The minimum atomic E-state index is -0.638. The number of hydrogen-bond donors (Lipinski definition) is 2. The number of allylic oxidation sites excluding steroid dienone is 1. The third kappa shape index (κ3) is 10.4. The highest BCUT2D eigenvalue weighted by atomic mass is 16.6. The summed E-state index contributed by atoms with van der Waals surface area (Å²) in [6, 6.07) is 9.19. The number of hydrogen-bond acceptors (Lipinski definition) is 10. The van der Waals surface area contributed by atoms with Crippen molar-refractivity contribution in [2.75, 3.05) is 52.7 Å². The van der Waals surface area contributed by atoms with E-state index in [-0.39, 0.29) is 52.7 Å². The molecule has 42 heavy (non-hydrogen) atoms. The molecule has 1 atom stereocenters. The highest BCUT2D eigenvalue weighted by Gasteiger charge is 2.22. The van der Waals surface area contributed by atoms with E-state index in [0.29, 0.717) is 12.2 Å². The average Bonchev–Trinajstić information content (AvgIpc) is 2.99. The smallest absolute Gasteiger partial charge is 0.412 e. The van der Waals surface area contributed by atoms with E-state index in [9.17, 15) is 19.2 Å². The molecule has 0 fully saturated rings. The molecular weight excluding hydrogens is 548 g/mol. The molecule has 0 heterocycles. The minimum Gasteiger partial charge on any atom is -0.460 e. The number of carbonyl (C=O) groups is 4. The molecule has 1 aliphatic carbocycles. The number of carbonyl (C=O) groups excluding carboxylic acids is 4. The fourth-order valence-corrected chi connectivity index (χ4v) is 3.88. The van der Waals surface area contributed by atoms with Crippen LogP contribution in [0.4, 0.5) is 9.59 Å². The van der Waals surface area contributed by atoms with Crippen LogP contribution in [0.25, 0.3) is 10.8 Å². The van der Waals surface area contributed by atoms with Crippen molar-refractivity contribution in [2.45, 2.75) is 12.5 Å². The topological polar surface area (TPSA) is 148 Å². The molecule has 0 saturated carbocycles. The Labute approximate surface area is 243 Å². The number of nitrogens with one attached hydrogen (secondary N) is 2. The highest BCUT2D eigenvalue weighted by Crippen LogP contribution is 2.35. The Morgan fingerprint density at radius 3 is 2.12 bits per heavy atom. The molecule has 2 N–H and O–H groups in total. The van der Waals surface area contributed by atoms with Crippen molar-refractivity contribution in [3.63, 3.8) is 0 Å². The van der Waals surface area contributed by atoms with Crippen LogP contribution in [0.5, 0.6) is 5.75 Å². The van der Waals surface area contributed by atoms with Gasteiger partial charge in [0.1, 0.15) is 25.1 Å². The van der Waals surface area contributed by atoms with Gasteiger partial charge in [0.05, 0.1) is 26.4 Å². The number of esters is 2. The molecule has 0 saturated heterocycles. The lowest BCUT2D eigenvalue weighted by atomic mass is 9.91. The van der Waals surface area contributed by atoms with E-state index >= 15 is 0 Å². The maximum Gasteiger partial charge on any atom is 0.412 e. The summed E-state index contributed by atoms with van der Waals surface area (Å²) < 4.78 is 31.4. The van der Waals surface area contributed by atoms with Crippen LogP contribution in [-0.2, 0) is 39.7 Å². The Morgan fingerprint density at radius 1 is 0.833 bits per heavy atom. The second-order valence-electron chi connectivity index (χ2n) is 8.70. The zero-order valence-electron chi connectivity index (χ0n) is 23.1. The maximum absolute atomic E-state index is 12.4. The first-order valence-corrected chi connectivity index (χ1v) is 13.3. The van der Waals surface area contributed by atoms with Crippen LogP contribution >= 0.6 is 0 Å². The maximum atomic E-state index is 12.4. The number of alkyl carbamates (subject to hydrolysis) is 1. The van der Waals surface area contributed by atoms with Crippen molar-refractivity contribution in [2.24, 2.45) is 0 Å². The van der Waals surface area contributed by atoms with Gasteiger partial charge in [-0.25, -0.2) is 19.2 Å². The monoisotopic (exact) mass is 582 g/mol. The Kier molecular flexibility index (Phi) is 13.0. The quantitative estimate of drug-likeness (QED) is 0.0993. The zero-order chi connectivity index (χ0) is 30.2. The zero-order valence-corrected chi connectivity index (χ0v) is 23.1. The van der Waals surface area contributed by atoms with Crippen molar-refractivity contribution < 1.29 is 47.6 Å². The van der Waals surface area contributed by atoms with Crippen molar-refractivity contribution in [3.05, 3.63) is 78.9 Å². The summed E-state index contributed by atoms with van der Waals surface area (Å²) in [5, 5.41) is 6.80. The van der Waals surface area contributed by atoms with Crippen LogP contribution in [-0.4, -0.2) is 76.9 Å². The molecule has 1 aliphatic rings. The van der Waals surface area contributed by atoms with Gasteiger partial charge < -0.3 is 39.1 Å². The SMILES string of the molecule is C=CC(=O)OCCOCCNC(=O)Oc1cccc2cc3c(cc12)CC=CC3OC(=O)NCCOCCOC(=O)C=C. The highest BCUT2D eigenvalue weighted by molar-refractivity contribution is 5.92. The summed E-state index contributed by atoms with van der Waals surface area (Å²) in [5.41, 5.74) is 1.76. The van der Waals surface area contributed by atoms with Gasteiger partial charge in [-0.05, 0) is 41.6 Å². The summed E-state index contributed by atoms with van der Waals surface area (Å²) in [7, 11) is 0. The van der Waals surface area contributed by atoms with E-state index < -0.39 is 30.2 Å². The first kappa shape index (κ1) is 31.8. The molecule has 3 rings (SSSR count). The molecule has 224 valence electrons. The number of rotatable bonds is 16. The summed E-state index contributed by atoms with van der Waals surface area (Å²) >= 11 is 0. The Balaban J connectivity index is 1.47. The molecule has 12 nitrogen and oxygen atoms in total. The summed E-state index contributed by atoms with van der Waals surface area (Å²) in [6.07, 6.45) is 4.66. The predicted molar refractivity (Wildman–Crippen MR) is 152 cm³/mol. The average molecular weight is 583 g/mol. The first-order valence-electron chi connectivity index (χ1n) is 13.3. The summed E-state index contributed by atoms with van der Waals surface area (Å²) in [4.78, 5) is 46.7. The Bertz CT molecular complexity index is 1310. The lowest BCUT2D eigenvalue weighted by Gasteiger charge is -2.22. The van der Waals surface area contributed by atoms with Gasteiger partial charge in [0, 0.05) is 36.2 Å². The van der Waals surface area contributed by atoms with E-state index in [1.165, 1.54) is 0 Å². The molecule has 12 heteroatoms. The Hall–Kier alpha value is -4.68. The van der Waals surface area contributed by atoms with Gasteiger partial charge in [-0.1, -0.05) is 31.4 Å². The fraction of sp³-hybridized carbons (Fsp3) is 0.333. The van der Waals surface area contributed by atoms with E-state index in [1.54, 1.807) is 12.1 Å². The van der Waals surface area contributed by atoms with Crippen molar-refractivity contribution in [1.29, 1.82) is 0 Å². The van der Waals surface area contributed by atoms with Crippen LogP contribution in [0.15, 0.2) is 67.8 Å². The third-order valence-electron chi connectivity index (χ3n) is 5.80. The normalized spacial score (nSPS) is 13.4. The molecule has 0 aliphatic heterocycles. The van der Waals surface area contributed by atoms with Gasteiger partial charge >= 0.3 is 24.1 Å². The van der Waals surface area contributed by atoms with Gasteiger partial charge in [0.2, 0.25) is 0 Å².